The fraction of sp³-hybridized carbons (Fsp3) is 0.462. The van der Waals surface area contributed by atoms with Gasteiger partial charge in [0, 0.05) is 5.69 Å². The number of aromatic nitrogens is 1. The number of nitrogens with zero attached hydrogens (tertiary/aromatic N) is 1. The molecule has 0 atom stereocenters. The number of ether oxygens (including phenoxy) is 2. The van der Waals surface area contributed by atoms with Gasteiger partial charge in [-0.25, -0.2) is 9.59 Å². The first-order valence-corrected chi connectivity index (χ1v) is 5.78. The molecule has 1 amide bonds. The number of carbonyl (C=O) groups excluding carboxylic acids is 2. The molecule has 1 N–H and O–H groups in total. The molecule has 1 heterocycles. The Bertz CT molecular complexity index is 492. The average molecular weight is 266 g/mol. The van der Waals surface area contributed by atoms with Crippen molar-refractivity contribution in [1.29, 1.82) is 0 Å². The van der Waals surface area contributed by atoms with Crippen LogP contribution in [0, 0.1) is 6.92 Å². The molecule has 0 unspecified atom stereocenters. The number of anilines is 1. The number of rotatable bonds is 2. The molecule has 0 radical (unpaired) electrons. The van der Waals surface area contributed by atoms with Gasteiger partial charge in [-0.2, -0.15) is 0 Å². The van der Waals surface area contributed by atoms with E-state index in [-0.39, 0.29) is 11.3 Å². The first-order chi connectivity index (χ1) is 8.73. The highest BCUT2D eigenvalue weighted by Gasteiger charge is 2.19. The molecule has 0 spiro atoms. The zero-order valence-electron chi connectivity index (χ0n) is 11.7. The molecule has 0 aliphatic rings. The molecule has 0 aliphatic heterocycles. The van der Waals surface area contributed by atoms with E-state index in [4.69, 9.17) is 4.74 Å². The standard InChI is InChI=1S/C13H18N2O4/c1-8-6-9(11(16)18-5)10(7-14-8)15-12(17)19-13(2,3)4/h6-7H,1-5H3,(H,15,17). The number of esters is 1. The number of pyridine rings is 1. The van der Waals surface area contributed by atoms with Crippen molar-refractivity contribution in [3.8, 4) is 0 Å². The van der Waals surface area contributed by atoms with Crippen LogP contribution in [0.3, 0.4) is 0 Å². The summed E-state index contributed by atoms with van der Waals surface area (Å²) < 4.78 is 9.77. The molecule has 6 nitrogen and oxygen atoms in total. The van der Waals surface area contributed by atoms with Crippen LogP contribution < -0.4 is 5.32 Å². The summed E-state index contributed by atoms with van der Waals surface area (Å²) in [5.74, 6) is -0.545. The smallest absolute Gasteiger partial charge is 0.412 e. The maximum Gasteiger partial charge on any atom is 0.412 e. The lowest BCUT2D eigenvalue weighted by molar-refractivity contribution is 0.0601. The largest absolute Gasteiger partial charge is 0.465 e. The van der Waals surface area contributed by atoms with Gasteiger partial charge in [-0.05, 0) is 33.8 Å². The zero-order chi connectivity index (χ0) is 14.6. The Morgan fingerprint density at radius 2 is 1.95 bits per heavy atom. The van der Waals surface area contributed by atoms with Gasteiger partial charge in [0.05, 0.1) is 24.6 Å². The third-order valence-corrected chi connectivity index (χ3v) is 2.08. The monoisotopic (exact) mass is 266 g/mol. The molecule has 1 aromatic heterocycles. The molecule has 104 valence electrons. The maximum atomic E-state index is 11.7. The molecule has 0 aliphatic carbocycles. The molecule has 1 aromatic rings. The molecule has 1 rings (SSSR count). The van der Waals surface area contributed by atoms with Gasteiger partial charge in [0.1, 0.15) is 5.60 Å². The SMILES string of the molecule is COC(=O)c1cc(C)ncc1NC(=O)OC(C)(C)C. The van der Waals surface area contributed by atoms with Crippen molar-refractivity contribution in [2.45, 2.75) is 33.3 Å². The summed E-state index contributed by atoms with van der Waals surface area (Å²) in [7, 11) is 1.27. The topological polar surface area (TPSA) is 77.5 Å². The summed E-state index contributed by atoms with van der Waals surface area (Å²) in [6, 6.07) is 1.54. The van der Waals surface area contributed by atoms with Crippen molar-refractivity contribution < 1.29 is 19.1 Å². The molecular formula is C13H18N2O4. The number of hydrogen-bond acceptors (Lipinski definition) is 5. The molecule has 6 heteroatoms. The van der Waals surface area contributed by atoms with Crippen molar-refractivity contribution in [3.63, 3.8) is 0 Å². The van der Waals surface area contributed by atoms with Crippen molar-refractivity contribution in [3.05, 3.63) is 23.5 Å². The van der Waals surface area contributed by atoms with Gasteiger partial charge in [0.15, 0.2) is 0 Å². The highest BCUT2D eigenvalue weighted by molar-refractivity contribution is 5.99. The predicted octanol–water partition coefficient (Wildman–Crippen LogP) is 2.52. The van der Waals surface area contributed by atoms with Crippen molar-refractivity contribution in [2.24, 2.45) is 0 Å². The van der Waals surface area contributed by atoms with E-state index in [9.17, 15) is 9.59 Å². The van der Waals surface area contributed by atoms with Gasteiger partial charge in [-0.1, -0.05) is 0 Å². The van der Waals surface area contributed by atoms with Gasteiger partial charge in [0.25, 0.3) is 0 Å². The highest BCUT2D eigenvalue weighted by Crippen LogP contribution is 2.18. The molecule has 0 saturated heterocycles. The van der Waals surface area contributed by atoms with Crippen LogP contribution in [0.4, 0.5) is 10.5 Å². The third-order valence-electron chi connectivity index (χ3n) is 2.08. The zero-order valence-corrected chi connectivity index (χ0v) is 11.7. The van der Waals surface area contributed by atoms with Crippen LogP contribution in [0.25, 0.3) is 0 Å². The van der Waals surface area contributed by atoms with Gasteiger partial charge in [0.2, 0.25) is 0 Å². The van der Waals surface area contributed by atoms with Gasteiger partial charge in [-0.15, -0.1) is 0 Å². The fourth-order valence-electron chi connectivity index (χ4n) is 1.35. The summed E-state index contributed by atoms with van der Waals surface area (Å²) in [4.78, 5) is 27.3. The quantitative estimate of drug-likeness (QED) is 0.832. The number of aryl methyl sites for hydroxylation is 1. The second-order valence-corrected chi connectivity index (χ2v) is 4.99. The summed E-state index contributed by atoms with van der Waals surface area (Å²) in [5.41, 5.74) is 0.524. The van der Waals surface area contributed by atoms with E-state index in [0.717, 1.165) is 0 Å². The van der Waals surface area contributed by atoms with Gasteiger partial charge in [-0.3, -0.25) is 10.3 Å². The predicted molar refractivity (Wildman–Crippen MR) is 70.2 cm³/mol. The lowest BCUT2D eigenvalue weighted by Crippen LogP contribution is -2.28. The Morgan fingerprint density at radius 1 is 1.32 bits per heavy atom. The van der Waals surface area contributed by atoms with E-state index in [1.165, 1.54) is 13.3 Å². The van der Waals surface area contributed by atoms with Crippen LogP contribution in [-0.4, -0.2) is 29.8 Å². The van der Waals surface area contributed by atoms with Gasteiger partial charge >= 0.3 is 12.1 Å². The summed E-state index contributed by atoms with van der Waals surface area (Å²) in [5, 5.41) is 2.49. The molecule has 0 fully saturated rings. The lowest BCUT2D eigenvalue weighted by Gasteiger charge is -2.20. The van der Waals surface area contributed by atoms with E-state index >= 15 is 0 Å². The minimum Gasteiger partial charge on any atom is -0.465 e. The first kappa shape index (κ1) is 14.9. The Hall–Kier alpha value is -2.11. The van der Waals surface area contributed by atoms with Crippen LogP contribution in [-0.2, 0) is 9.47 Å². The Kier molecular flexibility index (Phi) is 4.47. The number of carbonyl (C=O) groups is 2. The Morgan fingerprint density at radius 3 is 2.47 bits per heavy atom. The first-order valence-electron chi connectivity index (χ1n) is 5.78. The number of methoxy groups -OCH3 is 1. The summed E-state index contributed by atoms with van der Waals surface area (Å²) in [6.45, 7) is 6.99. The fourth-order valence-corrected chi connectivity index (χ4v) is 1.35. The average Bonchev–Trinajstić information content (AvgIpc) is 2.28. The van der Waals surface area contributed by atoms with E-state index in [1.807, 2.05) is 0 Å². The van der Waals surface area contributed by atoms with Crippen LogP contribution in [0.1, 0.15) is 36.8 Å². The third kappa shape index (κ3) is 4.57. The van der Waals surface area contributed by atoms with E-state index < -0.39 is 17.7 Å². The highest BCUT2D eigenvalue weighted by atomic mass is 16.6. The minimum absolute atomic E-state index is 0.237. The van der Waals surface area contributed by atoms with Crippen molar-refractivity contribution in [2.75, 3.05) is 12.4 Å². The van der Waals surface area contributed by atoms with E-state index in [1.54, 1.807) is 33.8 Å². The molecule has 19 heavy (non-hydrogen) atoms. The van der Waals surface area contributed by atoms with Crippen molar-refractivity contribution in [1.82, 2.24) is 4.98 Å². The van der Waals surface area contributed by atoms with Gasteiger partial charge < -0.3 is 9.47 Å². The Labute approximate surface area is 112 Å². The van der Waals surface area contributed by atoms with Crippen LogP contribution >= 0.6 is 0 Å². The second kappa shape index (κ2) is 5.69. The normalized spacial score (nSPS) is 10.8. The maximum absolute atomic E-state index is 11.7. The number of nitrogens with one attached hydrogen (secondary N) is 1. The molecular weight excluding hydrogens is 248 g/mol. The van der Waals surface area contributed by atoms with Crippen LogP contribution in [0.2, 0.25) is 0 Å². The van der Waals surface area contributed by atoms with Crippen LogP contribution in [0.15, 0.2) is 12.3 Å². The second-order valence-electron chi connectivity index (χ2n) is 4.99. The van der Waals surface area contributed by atoms with Crippen molar-refractivity contribution >= 4 is 17.7 Å². The Balaban J connectivity index is 2.95. The minimum atomic E-state index is -0.650. The van der Waals surface area contributed by atoms with E-state index in [0.29, 0.717) is 5.69 Å². The molecule has 0 bridgehead atoms. The number of amides is 1. The lowest BCUT2D eigenvalue weighted by atomic mass is 10.2. The summed E-state index contributed by atoms with van der Waals surface area (Å²) >= 11 is 0. The van der Waals surface area contributed by atoms with Crippen LogP contribution in [0.5, 0.6) is 0 Å². The number of hydrogen-bond donors (Lipinski definition) is 1. The molecule has 0 aromatic carbocycles. The van der Waals surface area contributed by atoms with E-state index in [2.05, 4.69) is 15.0 Å². The summed E-state index contributed by atoms with van der Waals surface area (Å²) in [6.07, 6.45) is 0.745. The molecule has 0 saturated carbocycles.